The third-order valence-electron chi connectivity index (χ3n) is 3.84. The molecule has 122 valence electrons. The van der Waals surface area contributed by atoms with Gasteiger partial charge in [0.1, 0.15) is 11.6 Å². The van der Waals surface area contributed by atoms with E-state index in [1.165, 1.54) is 17.0 Å². The van der Waals surface area contributed by atoms with Crippen LogP contribution in [0.5, 0.6) is 5.75 Å². The minimum atomic E-state index is -0.364. The second-order valence-corrected chi connectivity index (χ2v) is 6.51. The van der Waals surface area contributed by atoms with Gasteiger partial charge in [0.15, 0.2) is 6.61 Å². The van der Waals surface area contributed by atoms with Gasteiger partial charge in [0.2, 0.25) is 0 Å². The van der Waals surface area contributed by atoms with Crippen molar-refractivity contribution in [2.75, 3.05) is 32.8 Å². The van der Waals surface area contributed by atoms with Crippen molar-refractivity contribution in [1.82, 2.24) is 9.80 Å². The van der Waals surface area contributed by atoms with Crippen LogP contribution in [0.3, 0.4) is 0 Å². The van der Waals surface area contributed by atoms with Gasteiger partial charge < -0.3 is 9.64 Å². The molecule has 3 rings (SSSR count). The molecule has 2 heterocycles. The summed E-state index contributed by atoms with van der Waals surface area (Å²) in [5, 5.41) is 2.08. The Bertz CT molecular complexity index is 640. The van der Waals surface area contributed by atoms with E-state index in [4.69, 9.17) is 4.74 Å². The maximum atomic E-state index is 13.1. The summed E-state index contributed by atoms with van der Waals surface area (Å²) in [6.45, 7) is 4.04. The van der Waals surface area contributed by atoms with Crippen molar-refractivity contribution in [1.29, 1.82) is 0 Å². The molecular formula is C17H19FN2O2S. The number of nitrogens with zero attached hydrogens (tertiary/aromatic N) is 2. The minimum Gasteiger partial charge on any atom is -0.484 e. The average molecular weight is 334 g/mol. The molecule has 1 aliphatic heterocycles. The van der Waals surface area contributed by atoms with Gasteiger partial charge in [0.05, 0.1) is 0 Å². The van der Waals surface area contributed by atoms with Crippen LogP contribution in [0.15, 0.2) is 41.8 Å². The number of amides is 1. The molecule has 0 bridgehead atoms. The Hall–Kier alpha value is -1.92. The van der Waals surface area contributed by atoms with Crippen LogP contribution in [0.4, 0.5) is 4.39 Å². The molecule has 2 aromatic rings. The molecule has 23 heavy (non-hydrogen) atoms. The Labute approximate surface area is 139 Å². The molecule has 0 atom stereocenters. The van der Waals surface area contributed by atoms with Gasteiger partial charge in [-0.2, -0.15) is 0 Å². The normalized spacial score (nSPS) is 15.6. The van der Waals surface area contributed by atoms with Crippen LogP contribution in [0.2, 0.25) is 0 Å². The molecule has 0 radical (unpaired) electrons. The molecule has 0 N–H and O–H groups in total. The highest BCUT2D eigenvalue weighted by Gasteiger charge is 2.21. The van der Waals surface area contributed by atoms with Crippen molar-refractivity contribution in [3.63, 3.8) is 0 Å². The predicted octanol–water partition coefficient (Wildman–Crippen LogP) is 2.61. The summed E-state index contributed by atoms with van der Waals surface area (Å²) >= 11 is 1.76. The maximum Gasteiger partial charge on any atom is 0.260 e. The van der Waals surface area contributed by atoms with Crippen molar-refractivity contribution in [3.8, 4) is 5.75 Å². The van der Waals surface area contributed by atoms with E-state index in [0.29, 0.717) is 18.8 Å². The molecule has 0 unspecified atom stereocenters. The van der Waals surface area contributed by atoms with Crippen molar-refractivity contribution in [3.05, 3.63) is 52.5 Å². The zero-order chi connectivity index (χ0) is 16.1. The summed E-state index contributed by atoms with van der Waals surface area (Å²) in [6.07, 6.45) is 0. The van der Waals surface area contributed by atoms with Gasteiger partial charge in [0.25, 0.3) is 5.91 Å². The number of hydrogen-bond acceptors (Lipinski definition) is 4. The largest absolute Gasteiger partial charge is 0.484 e. The molecule has 0 aliphatic carbocycles. The highest BCUT2D eigenvalue weighted by Crippen LogP contribution is 2.14. The van der Waals surface area contributed by atoms with E-state index in [2.05, 4.69) is 22.4 Å². The molecule has 1 amide bonds. The summed E-state index contributed by atoms with van der Waals surface area (Å²) in [5.74, 6) is -0.0307. The molecule has 4 nitrogen and oxygen atoms in total. The SMILES string of the molecule is O=C(COc1cccc(F)c1)N1CCN(Cc2cccs2)CC1. The zero-order valence-electron chi connectivity index (χ0n) is 12.8. The van der Waals surface area contributed by atoms with Crippen molar-refractivity contribution < 1.29 is 13.9 Å². The van der Waals surface area contributed by atoms with Gasteiger partial charge >= 0.3 is 0 Å². The number of carbonyl (C=O) groups excluding carboxylic acids is 1. The highest BCUT2D eigenvalue weighted by molar-refractivity contribution is 7.09. The summed E-state index contributed by atoms with van der Waals surface area (Å²) in [5.41, 5.74) is 0. The van der Waals surface area contributed by atoms with Crippen LogP contribution in [-0.2, 0) is 11.3 Å². The molecule has 0 saturated carbocycles. The monoisotopic (exact) mass is 334 g/mol. The van der Waals surface area contributed by atoms with Gasteiger partial charge in [-0.15, -0.1) is 11.3 Å². The summed E-state index contributed by atoms with van der Waals surface area (Å²) < 4.78 is 18.4. The van der Waals surface area contributed by atoms with Crippen LogP contribution in [-0.4, -0.2) is 48.5 Å². The summed E-state index contributed by atoms with van der Waals surface area (Å²) in [6, 6.07) is 10.0. The minimum absolute atomic E-state index is 0.0472. The fraction of sp³-hybridized carbons (Fsp3) is 0.353. The van der Waals surface area contributed by atoms with Crippen molar-refractivity contribution in [2.24, 2.45) is 0 Å². The smallest absolute Gasteiger partial charge is 0.260 e. The third kappa shape index (κ3) is 4.53. The van der Waals surface area contributed by atoms with Crippen LogP contribution < -0.4 is 4.74 Å². The molecule has 1 aliphatic rings. The van der Waals surface area contributed by atoms with E-state index in [-0.39, 0.29) is 18.3 Å². The molecule has 1 aromatic carbocycles. The Morgan fingerprint density at radius 1 is 1.17 bits per heavy atom. The number of halogens is 1. The lowest BCUT2D eigenvalue weighted by Crippen LogP contribution is -2.49. The molecule has 6 heteroatoms. The Morgan fingerprint density at radius 2 is 2.00 bits per heavy atom. The average Bonchev–Trinajstić information content (AvgIpc) is 3.06. The molecular weight excluding hydrogens is 315 g/mol. The number of carbonyl (C=O) groups is 1. The first-order valence-electron chi connectivity index (χ1n) is 7.61. The van der Waals surface area contributed by atoms with E-state index in [0.717, 1.165) is 19.6 Å². The van der Waals surface area contributed by atoms with E-state index >= 15 is 0 Å². The van der Waals surface area contributed by atoms with Crippen LogP contribution in [0, 0.1) is 5.82 Å². The van der Waals surface area contributed by atoms with E-state index in [1.807, 2.05) is 4.90 Å². The second-order valence-electron chi connectivity index (χ2n) is 5.48. The van der Waals surface area contributed by atoms with Gasteiger partial charge in [-0.05, 0) is 23.6 Å². The van der Waals surface area contributed by atoms with E-state index < -0.39 is 0 Å². The topological polar surface area (TPSA) is 32.8 Å². The number of rotatable bonds is 5. The molecule has 1 aromatic heterocycles. The maximum absolute atomic E-state index is 13.1. The first-order chi connectivity index (χ1) is 11.2. The Kier molecular flexibility index (Phi) is 5.25. The number of piperazine rings is 1. The molecule has 1 saturated heterocycles. The Balaban J connectivity index is 1.43. The lowest BCUT2D eigenvalue weighted by molar-refractivity contribution is -0.135. The third-order valence-corrected chi connectivity index (χ3v) is 4.70. The van der Waals surface area contributed by atoms with Gasteiger partial charge in [-0.1, -0.05) is 12.1 Å². The Morgan fingerprint density at radius 3 is 2.70 bits per heavy atom. The number of thiophene rings is 1. The lowest BCUT2D eigenvalue weighted by Gasteiger charge is -2.34. The first kappa shape index (κ1) is 16.0. The molecule has 1 fully saturated rings. The van der Waals surface area contributed by atoms with Crippen LogP contribution in [0.25, 0.3) is 0 Å². The number of benzene rings is 1. The second kappa shape index (κ2) is 7.57. The summed E-state index contributed by atoms with van der Waals surface area (Å²) in [4.78, 5) is 17.7. The van der Waals surface area contributed by atoms with Crippen molar-refractivity contribution in [2.45, 2.75) is 6.54 Å². The fourth-order valence-corrected chi connectivity index (χ4v) is 3.32. The number of ether oxygens (including phenoxy) is 1. The van der Waals surface area contributed by atoms with Crippen LogP contribution in [0.1, 0.15) is 4.88 Å². The standard InChI is InChI=1S/C17H19FN2O2S/c18-14-3-1-4-15(11-14)22-13-17(21)20-8-6-19(7-9-20)12-16-5-2-10-23-16/h1-5,10-11H,6-9,12-13H2. The van der Waals surface area contributed by atoms with Gasteiger partial charge in [0, 0.05) is 43.7 Å². The lowest BCUT2D eigenvalue weighted by atomic mass is 10.3. The quantitative estimate of drug-likeness (QED) is 0.843. The first-order valence-corrected chi connectivity index (χ1v) is 8.49. The highest BCUT2D eigenvalue weighted by atomic mass is 32.1. The van der Waals surface area contributed by atoms with Crippen LogP contribution >= 0.6 is 11.3 Å². The molecule has 0 spiro atoms. The van der Waals surface area contributed by atoms with Gasteiger partial charge in [-0.25, -0.2) is 4.39 Å². The summed E-state index contributed by atoms with van der Waals surface area (Å²) in [7, 11) is 0. The predicted molar refractivity (Wildman–Crippen MR) is 88.1 cm³/mol. The number of hydrogen-bond donors (Lipinski definition) is 0. The van der Waals surface area contributed by atoms with E-state index in [1.54, 1.807) is 23.5 Å². The van der Waals surface area contributed by atoms with Crippen molar-refractivity contribution >= 4 is 17.2 Å². The fourth-order valence-electron chi connectivity index (χ4n) is 2.57. The van der Waals surface area contributed by atoms with Gasteiger partial charge in [-0.3, -0.25) is 9.69 Å². The zero-order valence-corrected chi connectivity index (χ0v) is 13.6. The van der Waals surface area contributed by atoms with E-state index in [9.17, 15) is 9.18 Å².